The maximum Gasteiger partial charge on any atom is 0.522 e. The molecule has 0 bridgehead atoms. The summed E-state index contributed by atoms with van der Waals surface area (Å²) in [5.74, 6) is 0. The Balaban J connectivity index is 1.60. The Bertz CT molecular complexity index is 1680. The number of hydrogen-bond acceptors (Lipinski definition) is 1. The lowest BCUT2D eigenvalue weighted by Gasteiger charge is -2.38. The van der Waals surface area contributed by atoms with E-state index in [4.69, 9.17) is 0 Å². The van der Waals surface area contributed by atoms with E-state index in [1.807, 2.05) is 24.3 Å². The van der Waals surface area contributed by atoms with Crippen LogP contribution < -0.4 is 0 Å². The van der Waals surface area contributed by atoms with Gasteiger partial charge in [-0.25, -0.2) is 0 Å². The van der Waals surface area contributed by atoms with Gasteiger partial charge in [0.15, 0.2) is 0 Å². The predicted octanol–water partition coefficient (Wildman–Crippen LogP) is 9.26. The highest BCUT2D eigenvalue weighted by molar-refractivity contribution is 5.94. The second-order valence-corrected chi connectivity index (χ2v) is 10.9. The molecule has 0 heterocycles. The lowest BCUT2D eigenvalue weighted by molar-refractivity contribution is -0.325. The zero-order chi connectivity index (χ0) is 27.5. The molecule has 0 radical (unpaired) electrons. The van der Waals surface area contributed by atoms with E-state index >= 15 is 0 Å². The van der Waals surface area contributed by atoms with Crippen LogP contribution in [0.4, 0.5) is 13.2 Å². The van der Waals surface area contributed by atoms with E-state index in [0.717, 1.165) is 50.1 Å². The first-order chi connectivity index (χ1) is 19.4. The van der Waals surface area contributed by atoms with Crippen LogP contribution in [0.25, 0.3) is 22.3 Å². The van der Waals surface area contributed by atoms with Crippen LogP contribution in [0.3, 0.4) is 0 Å². The van der Waals surface area contributed by atoms with Gasteiger partial charge in [0, 0.05) is 5.41 Å². The average Bonchev–Trinajstić information content (AvgIpc) is 3.41. The van der Waals surface area contributed by atoms with Crippen molar-refractivity contribution < 1.29 is 17.9 Å². The van der Waals surface area contributed by atoms with Crippen molar-refractivity contribution in [2.75, 3.05) is 6.61 Å². The molecule has 0 N–H and O–H groups in total. The van der Waals surface area contributed by atoms with E-state index in [0.29, 0.717) is 0 Å². The zero-order valence-corrected chi connectivity index (χ0v) is 22.0. The minimum atomic E-state index is -4.68. The van der Waals surface area contributed by atoms with Crippen molar-refractivity contribution in [3.8, 4) is 22.3 Å². The van der Waals surface area contributed by atoms with Crippen LogP contribution >= 0.6 is 0 Å². The van der Waals surface area contributed by atoms with Crippen molar-refractivity contribution in [3.05, 3.63) is 155 Å². The van der Waals surface area contributed by atoms with E-state index in [1.165, 1.54) is 5.56 Å². The lowest BCUT2D eigenvalue weighted by Crippen LogP contribution is -2.34. The first-order valence-electron chi connectivity index (χ1n) is 13.6. The van der Waals surface area contributed by atoms with Gasteiger partial charge in [0.2, 0.25) is 0 Å². The summed E-state index contributed by atoms with van der Waals surface area (Å²) >= 11 is 0. The van der Waals surface area contributed by atoms with Gasteiger partial charge in [-0.2, -0.15) is 0 Å². The number of ether oxygens (including phenoxy) is 1. The number of alkyl halides is 3. The Hall–Kier alpha value is -4.15. The monoisotopic (exact) mass is 532 g/mol. The highest BCUT2D eigenvalue weighted by Crippen LogP contribution is 2.63. The van der Waals surface area contributed by atoms with Crippen LogP contribution in [-0.4, -0.2) is 13.0 Å². The quantitative estimate of drug-likeness (QED) is 0.215. The van der Waals surface area contributed by atoms with Gasteiger partial charge in [-0.05, 0) is 62.1 Å². The lowest BCUT2D eigenvalue weighted by atomic mass is 9.63. The van der Waals surface area contributed by atoms with Crippen molar-refractivity contribution in [1.82, 2.24) is 0 Å². The zero-order valence-electron chi connectivity index (χ0n) is 22.0. The van der Waals surface area contributed by atoms with Crippen molar-refractivity contribution in [2.45, 2.75) is 30.5 Å². The van der Waals surface area contributed by atoms with Gasteiger partial charge in [0.1, 0.15) is 0 Å². The molecule has 1 atom stereocenters. The fourth-order valence-electron chi connectivity index (χ4n) is 7.30. The van der Waals surface area contributed by atoms with Crippen LogP contribution in [0.2, 0.25) is 0 Å². The summed E-state index contributed by atoms with van der Waals surface area (Å²) in [4.78, 5) is 0. The van der Waals surface area contributed by atoms with Gasteiger partial charge < -0.3 is 0 Å². The van der Waals surface area contributed by atoms with E-state index in [2.05, 4.69) is 109 Å². The predicted molar refractivity (Wildman–Crippen MR) is 152 cm³/mol. The summed E-state index contributed by atoms with van der Waals surface area (Å²) in [5, 5.41) is 0. The van der Waals surface area contributed by atoms with Crippen LogP contribution in [0, 0.1) is 0 Å². The SMILES string of the molecule is CC1(CCOC(F)(F)F)c2ccccc2-c2ccc3c(c21)C(c1ccccc1)(c1ccccc1)c1ccccc1-3. The molecule has 7 rings (SSSR count). The molecule has 5 aromatic rings. The van der Waals surface area contributed by atoms with Crippen molar-refractivity contribution in [3.63, 3.8) is 0 Å². The number of benzene rings is 5. The molecule has 1 nitrogen and oxygen atoms in total. The summed E-state index contributed by atoms with van der Waals surface area (Å²) in [6.07, 6.45) is -4.48. The molecule has 198 valence electrons. The number of halogens is 3. The van der Waals surface area contributed by atoms with Crippen LogP contribution in [0.15, 0.2) is 121 Å². The Morgan fingerprint density at radius 1 is 0.550 bits per heavy atom. The third-order valence-corrected chi connectivity index (χ3v) is 8.85. The summed E-state index contributed by atoms with van der Waals surface area (Å²) in [6, 6.07) is 42.0. The minimum Gasteiger partial charge on any atom is -0.292 e. The smallest absolute Gasteiger partial charge is 0.292 e. The van der Waals surface area contributed by atoms with Gasteiger partial charge in [-0.1, -0.05) is 128 Å². The minimum absolute atomic E-state index is 0.197. The fourth-order valence-corrected chi connectivity index (χ4v) is 7.30. The Labute approximate surface area is 231 Å². The Morgan fingerprint density at radius 3 is 1.60 bits per heavy atom. The number of rotatable bonds is 5. The van der Waals surface area contributed by atoms with E-state index in [9.17, 15) is 13.2 Å². The molecule has 40 heavy (non-hydrogen) atoms. The molecule has 0 aliphatic heterocycles. The number of fused-ring (bicyclic) bond motifs is 7. The molecule has 2 aliphatic rings. The molecule has 1 unspecified atom stereocenters. The molecule has 0 saturated heterocycles. The van der Waals surface area contributed by atoms with E-state index in [1.54, 1.807) is 0 Å². The molecule has 5 aromatic carbocycles. The van der Waals surface area contributed by atoms with Gasteiger partial charge in [0.05, 0.1) is 12.0 Å². The molecule has 0 fully saturated rings. The molecule has 0 spiro atoms. The van der Waals surface area contributed by atoms with Gasteiger partial charge in [-0.3, -0.25) is 4.74 Å². The Kier molecular flexibility index (Phi) is 5.55. The maximum atomic E-state index is 13.2. The molecule has 4 heteroatoms. The largest absolute Gasteiger partial charge is 0.522 e. The van der Waals surface area contributed by atoms with Gasteiger partial charge in [0.25, 0.3) is 0 Å². The molecule has 0 amide bonds. The second-order valence-electron chi connectivity index (χ2n) is 10.9. The topological polar surface area (TPSA) is 9.23 Å². The molecular formula is C36H27F3O. The van der Waals surface area contributed by atoms with E-state index < -0.39 is 23.8 Å². The second kappa shape index (κ2) is 8.94. The molecule has 0 saturated carbocycles. The molecular weight excluding hydrogens is 505 g/mol. The summed E-state index contributed by atoms with van der Waals surface area (Å²) in [6.45, 7) is 1.66. The van der Waals surface area contributed by atoms with Gasteiger partial charge in [-0.15, -0.1) is 13.2 Å². The summed E-state index contributed by atoms with van der Waals surface area (Å²) in [7, 11) is 0. The van der Waals surface area contributed by atoms with Crippen LogP contribution in [-0.2, 0) is 15.6 Å². The summed E-state index contributed by atoms with van der Waals surface area (Å²) in [5.41, 5.74) is 9.79. The molecule has 0 aromatic heterocycles. The first-order valence-corrected chi connectivity index (χ1v) is 13.6. The van der Waals surface area contributed by atoms with Gasteiger partial charge >= 0.3 is 6.36 Å². The highest BCUT2D eigenvalue weighted by atomic mass is 19.4. The maximum absolute atomic E-state index is 13.2. The Morgan fingerprint density at radius 2 is 1.02 bits per heavy atom. The third-order valence-electron chi connectivity index (χ3n) is 8.85. The molecule has 2 aliphatic carbocycles. The fraction of sp³-hybridized carbons (Fsp3) is 0.167. The third kappa shape index (κ3) is 3.45. The van der Waals surface area contributed by atoms with Crippen LogP contribution in [0.5, 0.6) is 0 Å². The van der Waals surface area contributed by atoms with Crippen molar-refractivity contribution in [2.24, 2.45) is 0 Å². The van der Waals surface area contributed by atoms with Crippen molar-refractivity contribution >= 4 is 0 Å². The standard InChI is InChI=1S/C36H27F3O/c1-34(22-23-40-36(37,38)39)30-18-10-8-16-26(30)28-20-21-29-27-17-9-11-19-31(27)35(33(29)32(28)34,24-12-4-2-5-13-24)25-14-6-3-7-15-25/h2-21H,22-23H2,1H3. The number of hydrogen-bond donors (Lipinski definition) is 0. The highest BCUT2D eigenvalue weighted by Gasteiger charge is 2.52. The van der Waals surface area contributed by atoms with E-state index in [-0.39, 0.29) is 6.42 Å². The average molecular weight is 533 g/mol. The van der Waals surface area contributed by atoms with Crippen molar-refractivity contribution in [1.29, 1.82) is 0 Å². The van der Waals surface area contributed by atoms with Crippen LogP contribution in [0.1, 0.15) is 46.7 Å². The first kappa shape index (κ1) is 24.9. The summed E-state index contributed by atoms with van der Waals surface area (Å²) < 4.78 is 44.0. The normalized spacial score (nSPS) is 18.1.